The van der Waals surface area contributed by atoms with Crippen molar-refractivity contribution >= 4 is 5.69 Å². The third-order valence-corrected chi connectivity index (χ3v) is 2.08. The Hall–Kier alpha value is -1.68. The second-order valence-corrected chi connectivity index (χ2v) is 3.17. The van der Waals surface area contributed by atoms with E-state index in [0.29, 0.717) is 12.0 Å². The van der Waals surface area contributed by atoms with Crippen molar-refractivity contribution in [2.75, 3.05) is 0 Å². The molecule has 4 nitrogen and oxygen atoms in total. The highest BCUT2D eigenvalue weighted by molar-refractivity contribution is 5.33. The molecule has 1 atom stereocenters. The van der Waals surface area contributed by atoms with Crippen molar-refractivity contribution in [2.24, 2.45) is 0 Å². The van der Waals surface area contributed by atoms with Crippen molar-refractivity contribution in [2.45, 2.75) is 19.4 Å². The monoisotopic (exact) mass is 207 g/mol. The number of aliphatic hydroxyl groups excluding tert-OH is 1. The molecule has 0 heterocycles. The van der Waals surface area contributed by atoms with Gasteiger partial charge in [-0.2, -0.15) is 0 Å². The number of aliphatic hydroxyl groups is 1. The standard InChI is InChI=1S/C11H13NO3/c1-2-3-4-11(13)9-5-7-10(8-6-9)12(14)15/h2-3,5-8,11,13H,4H2,1H3/b3-2+. The molecule has 80 valence electrons. The van der Waals surface area contributed by atoms with Crippen molar-refractivity contribution in [1.29, 1.82) is 0 Å². The molecule has 1 aromatic rings. The Morgan fingerprint density at radius 2 is 2.07 bits per heavy atom. The van der Waals surface area contributed by atoms with Gasteiger partial charge in [-0.25, -0.2) is 0 Å². The molecule has 0 saturated carbocycles. The summed E-state index contributed by atoms with van der Waals surface area (Å²) in [6.45, 7) is 1.88. The molecule has 15 heavy (non-hydrogen) atoms. The summed E-state index contributed by atoms with van der Waals surface area (Å²) in [4.78, 5) is 9.93. The van der Waals surface area contributed by atoms with E-state index >= 15 is 0 Å². The van der Waals surface area contributed by atoms with Gasteiger partial charge < -0.3 is 5.11 Å². The van der Waals surface area contributed by atoms with Crippen LogP contribution in [0.15, 0.2) is 36.4 Å². The van der Waals surface area contributed by atoms with Gasteiger partial charge in [0.2, 0.25) is 0 Å². The Balaban J connectivity index is 2.75. The maximum atomic E-state index is 10.4. The smallest absolute Gasteiger partial charge is 0.269 e. The van der Waals surface area contributed by atoms with Crippen molar-refractivity contribution in [1.82, 2.24) is 0 Å². The highest BCUT2D eigenvalue weighted by Crippen LogP contribution is 2.20. The number of nitrogens with zero attached hydrogens (tertiary/aromatic N) is 1. The lowest BCUT2D eigenvalue weighted by Crippen LogP contribution is -1.96. The molecule has 4 heteroatoms. The molecule has 0 aliphatic carbocycles. The molecule has 0 bridgehead atoms. The van der Waals surface area contributed by atoms with Crippen LogP contribution in [0, 0.1) is 10.1 Å². The maximum absolute atomic E-state index is 10.4. The molecule has 1 N–H and O–H groups in total. The SMILES string of the molecule is C/C=C/CC(O)c1ccc([N+](=O)[O-])cc1. The molecule has 0 aliphatic rings. The second kappa shape index (κ2) is 5.26. The summed E-state index contributed by atoms with van der Waals surface area (Å²) in [5, 5.41) is 20.0. The zero-order valence-electron chi connectivity index (χ0n) is 8.46. The first-order valence-electron chi connectivity index (χ1n) is 4.68. The number of hydrogen-bond donors (Lipinski definition) is 1. The van der Waals surface area contributed by atoms with Crippen molar-refractivity contribution in [3.05, 3.63) is 52.1 Å². The lowest BCUT2D eigenvalue weighted by molar-refractivity contribution is -0.384. The Morgan fingerprint density at radius 1 is 1.47 bits per heavy atom. The van der Waals surface area contributed by atoms with Gasteiger partial charge in [-0.05, 0) is 31.0 Å². The Bertz CT molecular complexity index is 357. The van der Waals surface area contributed by atoms with Crippen LogP contribution in [-0.2, 0) is 0 Å². The summed E-state index contributed by atoms with van der Waals surface area (Å²) in [5.41, 5.74) is 0.732. The average molecular weight is 207 g/mol. The van der Waals surface area contributed by atoms with Gasteiger partial charge in [0.15, 0.2) is 0 Å². The topological polar surface area (TPSA) is 63.4 Å². The van der Waals surface area contributed by atoms with Crippen LogP contribution in [-0.4, -0.2) is 10.0 Å². The van der Waals surface area contributed by atoms with Crippen LogP contribution >= 0.6 is 0 Å². The fraction of sp³-hybridized carbons (Fsp3) is 0.273. The van der Waals surface area contributed by atoms with E-state index in [0.717, 1.165) is 0 Å². The summed E-state index contributed by atoms with van der Waals surface area (Å²) in [5.74, 6) is 0. The third-order valence-electron chi connectivity index (χ3n) is 2.08. The molecule has 0 aromatic heterocycles. The predicted molar refractivity (Wildman–Crippen MR) is 57.5 cm³/mol. The lowest BCUT2D eigenvalue weighted by atomic mass is 10.1. The molecule has 0 fully saturated rings. The number of hydrogen-bond acceptors (Lipinski definition) is 3. The van der Waals surface area contributed by atoms with Crippen molar-refractivity contribution in [3.63, 3.8) is 0 Å². The number of nitro groups is 1. The molecular formula is C11H13NO3. The van der Waals surface area contributed by atoms with Gasteiger partial charge in [0.05, 0.1) is 11.0 Å². The minimum absolute atomic E-state index is 0.0389. The molecule has 1 rings (SSSR count). The van der Waals surface area contributed by atoms with Gasteiger partial charge in [-0.1, -0.05) is 12.2 Å². The van der Waals surface area contributed by atoms with Crippen LogP contribution in [0.5, 0.6) is 0 Å². The van der Waals surface area contributed by atoms with Gasteiger partial charge in [-0.3, -0.25) is 10.1 Å². The van der Waals surface area contributed by atoms with E-state index in [4.69, 9.17) is 0 Å². The van der Waals surface area contributed by atoms with E-state index in [-0.39, 0.29) is 5.69 Å². The van der Waals surface area contributed by atoms with E-state index in [2.05, 4.69) is 0 Å². The first-order valence-corrected chi connectivity index (χ1v) is 4.68. The van der Waals surface area contributed by atoms with Crippen molar-refractivity contribution < 1.29 is 10.0 Å². The Labute approximate surface area is 88.0 Å². The van der Waals surface area contributed by atoms with Gasteiger partial charge in [0.25, 0.3) is 5.69 Å². The summed E-state index contributed by atoms with van der Waals surface area (Å²) < 4.78 is 0. The fourth-order valence-electron chi connectivity index (χ4n) is 1.22. The number of rotatable bonds is 4. The largest absolute Gasteiger partial charge is 0.388 e. The molecule has 1 aromatic carbocycles. The Morgan fingerprint density at radius 3 is 2.53 bits per heavy atom. The quantitative estimate of drug-likeness (QED) is 0.469. The Kier molecular flexibility index (Phi) is 4.00. The van der Waals surface area contributed by atoms with E-state index in [9.17, 15) is 15.2 Å². The van der Waals surface area contributed by atoms with Gasteiger partial charge in [0, 0.05) is 12.1 Å². The number of benzene rings is 1. The van der Waals surface area contributed by atoms with Gasteiger partial charge >= 0.3 is 0 Å². The zero-order valence-corrected chi connectivity index (χ0v) is 8.46. The number of nitro benzene ring substituents is 1. The highest BCUT2D eigenvalue weighted by atomic mass is 16.6. The van der Waals surface area contributed by atoms with Crippen LogP contribution in [0.25, 0.3) is 0 Å². The minimum Gasteiger partial charge on any atom is -0.388 e. The fourth-order valence-corrected chi connectivity index (χ4v) is 1.22. The maximum Gasteiger partial charge on any atom is 0.269 e. The number of allylic oxidation sites excluding steroid dienone is 1. The zero-order chi connectivity index (χ0) is 11.3. The molecule has 0 radical (unpaired) electrons. The first kappa shape index (κ1) is 11.4. The summed E-state index contributed by atoms with van der Waals surface area (Å²) in [6.07, 6.45) is 3.64. The number of non-ortho nitro benzene ring substituents is 1. The first-order chi connectivity index (χ1) is 7.15. The second-order valence-electron chi connectivity index (χ2n) is 3.17. The van der Waals surface area contributed by atoms with Crippen LogP contribution < -0.4 is 0 Å². The third kappa shape index (κ3) is 3.18. The van der Waals surface area contributed by atoms with E-state index in [1.165, 1.54) is 12.1 Å². The van der Waals surface area contributed by atoms with Crippen LogP contribution in [0.1, 0.15) is 25.0 Å². The van der Waals surface area contributed by atoms with E-state index in [1.54, 1.807) is 12.1 Å². The van der Waals surface area contributed by atoms with Crippen LogP contribution in [0.3, 0.4) is 0 Å². The molecular weight excluding hydrogens is 194 g/mol. The van der Waals surface area contributed by atoms with Crippen LogP contribution in [0.2, 0.25) is 0 Å². The molecule has 0 spiro atoms. The normalized spacial score (nSPS) is 12.9. The highest BCUT2D eigenvalue weighted by Gasteiger charge is 2.08. The minimum atomic E-state index is -0.595. The van der Waals surface area contributed by atoms with Gasteiger partial charge in [0.1, 0.15) is 0 Å². The summed E-state index contributed by atoms with van der Waals surface area (Å²) in [6, 6.07) is 5.95. The molecule has 0 saturated heterocycles. The van der Waals surface area contributed by atoms with E-state index < -0.39 is 11.0 Å². The summed E-state index contributed by atoms with van der Waals surface area (Å²) >= 11 is 0. The predicted octanol–water partition coefficient (Wildman–Crippen LogP) is 2.59. The van der Waals surface area contributed by atoms with Crippen LogP contribution in [0.4, 0.5) is 5.69 Å². The van der Waals surface area contributed by atoms with Crippen molar-refractivity contribution in [3.8, 4) is 0 Å². The summed E-state index contributed by atoms with van der Waals surface area (Å²) in [7, 11) is 0. The lowest BCUT2D eigenvalue weighted by Gasteiger charge is -2.07. The molecule has 1 unspecified atom stereocenters. The van der Waals surface area contributed by atoms with E-state index in [1.807, 2.05) is 19.1 Å². The molecule has 0 amide bonds. The average Bonchev–Trinajstić information content (AvgIpc) is 2.26. The van der Waals surface area contributed by atoms with Gasteiger partial charge in [-0.15, -0.1) is 0 Å². The molecule has 0 aliphatic heterocycles.